The van der Waals surface area contributed by atoms with E-state index in [0.29, 0.717) is 4.60 Å². The Balaban J connectivity index is 3.37. The largest absolute Gasteiger partial charge is 0.355 e. The molecule has 0 aromatic carbocycles. The van der Waals surface area contributed by atoms with Gasteiger partial charge in [-0.2, -0.15) is 0 Å². The molecule has 0 amide bonds. The molecule has 0 bridgehead atoms. The summed E-state index contributed by atoms with van der Waals surface area (Å²) in [5.74, 6) is 0. The maximum absolute atomic E-state index is 12.2. The first-order valence-electron chi connectivity index (χ1n) is 3.32. The number of nitrogens with one attached hydrogen (secondary N) is 1. The molecule has 1 N–H and O–H groups in total. The fourth-order valence-corrected chi connectivity index (χ4v) is 2.20. The molecule has 0 unspecified atom stereocenters. The molecular weight excluding hydrogens is 312 g/mol. The molecule has 2 nitrogen and oxygen atoms in total. The average molecular weight is 317 g/mol. The van der Waals surface area contributed by atoms with Crippen LogP contribution in [0.1, 0.15) is 17.6 Å². The van der Waals surface area contributed by atoms with Crippen LogP contribution < -0.4 is 5.43 Å². The summed E-state index contributed by atoms with van der Waals surface area (Å²) in [5, 5.41) is 0.240. The highest BCUT2D eigenvalue weighted by Gasteiger charge is 2.15. The summed E-state index contributed by atoms with van der Waals surface area (Å²) < 4.78 is 24.9. The minimum Gasteiger partial charge on any atom is -0.355 e. The number of rotatable bonds is 2. The molecule has 0 aliphatic carbocycles. The Morgan fingerprint density at radius 2 is 2.15 bits per heavy atom. The van der Waals surface area contributed by atoms with Gasteiger partial charge < -0.3 is 4.98 Å². The number of pyridine rings is 1. The second-order valence-electron chi connectivity index (χ2n) is 2.30. The standard InChI is InChI=1S/C7H5Br2F2NO/c8-1-3-5(13)4(7(10)11)2-12-6(3)9/h2,7H,1H2,(H,12,13). The van der Waals surface area contributed by atoms with Crippen LogP contribution in [0.25, 0.3) is 0 Å². The quantitative estimate of drug-likeness (QED) is 0.660. The van der Waals surface area contributed by atoms with Crippen molar-refractivity contribution in [3.8, 4) is 0 Å². The van der Waals surface area contributed by atoms with Crippen LogP contribution in [0.2, 0.25) is 0 Å². The molecule has 0 fully saturated rings. The maximum atomic E-state index is 12.2. The van der Waals surface area contributed by atoms with Gasteiger partial charge in [-0.1, -0.05) is 15.9 Å². The van der Waals surface area contributed by atoms with Gasteiger partial charge in [0.15, 0.2) is 5.43 Å². The van der Waals surface area contributed by atoms with Crippen LogP contribution in [-0.2, 0) is 5.33 Å². The van der Waals surface area contributed by atoms with E-state index < -0.39 is 17.4 Å². The van der Waals surface area contributed by atoms with Gasteiger partial charge in [-0.25, -0.2) is 8.78 Å². The van der Waals surface area contributed by atoms with E-state index in [9.17, 15) is 13.6 Å². The molecule has 0 radical (unpaired) electrons. The highest BCUT2D eigenvalue weighted by Crippen LogP contribution is 2.19. The van der Waals surface area contributed by atoms with Crippen LogP contribution >= 0.6 is 31.9 Å². The van der Waals surface area contributed by atoms with E-state index in [4.69, 9.17) is 0 Å². The van der Waals surface area contributed by atoms with Crippen molar-refractivity contribution in [1.29, 1.82) is 0 Å². The van der Waals surface area contributed by atoms with Gasteiger partial charge in [0, 0.05) is 17.1 Å². The third-order valence-electron chi connectivity index (χ3n) is 1.52. The van der Waals surface area contributed by atoms with Crippen LogP contribution in [0.15, 0.2) is 15.6 Å². The van der Waals surface area contributed by atoms with Crippen molar-refractivity contribution >= 4 is 31.9 Å². The molecular formula is C7H5Br2F2NO. The highest BCUT2D eigenvalue weighted by atomic mass is 79.9. The van der Waals surface area contributed by atoms with Gasteiger partial charge >= 0.3 is 0 Å². The number of aromatic nitrogens is 1. The van der Waals surface area contributed by atoms with Crippen LogP contribution in [0.3, 0.4) is 0 Å². The Bertz CT molecular complexity index is 364. The Labute approximate surface area is 89.6 Å². The predicted octanol–water partition coefficient (Wildman–Crippen LogP) is 2.97. The molecule has 0 saturated heterocycles. The fourth-order valence-electron chi connectivity index (χ4n) is 0.849. The van der Waals surface area contributed by atoms with E-state index in [-0.39, 0.29) is 10.9 Å². The molecule has 0 atom stereocenters. The molecule has 0 aliphatic rings. The fraction of sp³-hybridized carbons (Fsp3) is 0.286. The first-order valence-corrected chi connectivity index (χ1v) is 5.23. The van der Waals surface area contributed by atoms with Gasteiger partial charge in [-0.05, 0) is 15.9 Å². The van der Waals surface area contributed by atoms with Gasteiger partial charge in [0.2, 0.25) is 0 Å². The van der Waals surface area contributed by atoms with E-state index in [1.807, 2.05) is 0 Å². The molecule has 72 valence electrons. The van der Waals surface area contributed by atoms with Crippen LogP contribution in [0.4, 0.5) is 8.78 Å². The number of H-pyrrole nitrogens is 1. The molecule has 0 saturated carbocycles. The zero-order chi connectivity index (χ0) is 10.0. The Hall–Kier alpha value is -0.230. The number of hydrogen-bond donors (Lipinski definition) is 1. The highest BCUT2D eigenvalue weighted by molar-refractivity contribution is 9.10. The van der Waals surface area contributed by atoms with Crippen molar-refractivity contribution in [1.82, 2.24) is 4.98 Å². The van der Waals surface area contributed by atoms with Crippen LogP contribution in [0, 0.1) is 0 Å². The van der Waals surface area contributed by atoms with Crippen molar-refractivity contribution in [2.75, 3.05) is 0 Å². The second kappa shape index (κ2) is 4.32. The van der Waals surface area contributed by atoms with Crippen molar-refractivity contribution in [3.63, 3.8) is 0 Å². The first-order chi connectivity index (χ1) is 6.07. The van der Waals surface area contributed by atoms with E-state index in [2.05, 4.69) is 36.8 Å². The molecule has 6 heteroatoms. The molecule has 1 rings (SSSR count). The van der Waals surface area contributed by atoms with Gasteiger partial charge in [0.25, 0.3) is 6.43 Å². The summed E-state index contributed by atoms with van der Waals surface area (Å²) in [7, 11) is 0. The van der Waals surface area contributed by atoms with Crippen molar-refractivity contribution in [2.45, 2.75) is 11.8 Å². The lowest BCUT2D eigenvalue weighted by molar-refractivity contribution is 0.149. The predicted molar refractivity (Wildman–Crippen MR) is 52.4 cm³/mol. The third-order valence-corrected chi connectivity index (χ3v) is 2.79. The van der Waals surface area contributed by atoms with Crippen molar-refractivity contribution < 1.29 is 8.78 Å². The molecule has 0 aliphatic heterocycles. The van der Waals surface area contributed by atoms with Gasteiger partial charge in [-0.15, -0.1) is 0 Å². The molecule has 1 aromatic heterocycles. The van der Waals surface area contributed by atoms with Crippen molar-refractivity contribution in [2.24, 2.45) is 0 Å². The second-order valence-corrected chi connectivity index (χ2v) is 3.65. The Kier molecular flexibility index (Phi) is 3.61. The number of hydrogen-bond acceptors (Lipinski definition) is 1. The Morgan fingerprint density at radius 3 is 2.62 bits per heavy atom. The number of alkyl halides is 3. The minimum absolute atomic E-state index is 0.240. The van der Waals surface area contributed by atoms with Gasteiger partial charge in [0.05, 0.1) is 10.2 Å². The number of halogens is 4. The van der Waals surface area contributed by atoms with E-state index >= 15 is 0 Å². The van der Waals surface area contributed by atoms with Crippen LogP contribution in [-0.4, -0.2) is 4.98 Å². The molecule has 1 aromatic rings. The SMILES string of the molecule is O=c1c(C(F)F)c[nH]c(Br)c1CBr. The minimum atomic E-state index is -2.74. The summed E-state index contributed by atoms with van der Waals surface area (Å²) in [6.07, 6.45) is -1.72. The molecule has 13 heavy (non-hydrogen) atoms. The van der Waals surface area contributed by atoms with E-state index in [1.165, 1.54) is 0 Å². The van der Waals surface area contributed by atoms with Gasteiger partial charge in [-0.3, -0.25) is 4.79 Å². The lowest BCUT2D eigenvalue weighted by Crippen LogP contribution is -2.15. The molecule has 0 spiro atoms. The summed E-state index contributed by atoms with van der Waals surface area (Å²) in [6, 6.07) is 0. The van der Waals surface area contributed by atoms with Crippen molar-refractivity contribution in [3.05, 3.63) is 32.2 Å². The topological polar surface area (TPSA) is 32.9 Å². The maximum Gasteiger partial charge on any atom is 0.269 e. The lowest BCUT2D eigenvalue weighted by Gasteiger charge is -2.03. The molecule has 1 heterocycles. The Morgan fingerprint density at radius 1 is 1.54 bits per heavy atom. The van der Waals surface area contributed by atoms with Crippen LogP contribution in [0.5, 0.6) is 0 Å². The van der Waals surface area contributed by atoms with E-state index in [1.54, 1.807) is 0 Å². The summed E-state index contributed by atoms with van der Waals surface area (Å²) >= 11 is 6.11. The average Bonchev–Trinajstić information content (AvgIpc) is 2.04. The van der Waals surface area contributed by atoms with Gasteiger partial charge in [0.1, 0.15) is 0 Å². The monoisotopic (exact) mass is 315 g/mol. The third kappa shape index (κ3) is 2.17. The summed E-state index contributed by atoms with van der Waals surface area (Å²) in [5.41, 5.74) is -0.854. The zero-order valence-corrected chi connectivity index (χ0v) is 9.45. The lowest BCUT2D eigenvalue weighted by atomic mass is 10.2. The zero-order valence-electron chi connectivity index (χ0n) is 6.28. The first kappa shape index (κ1) is 10.8. The number of aromatic amines is 1. The normalized spacial score (nSPS) is 10.8. The summed E-state index contributed by atoms with van der Waals surface area (Å²) in [6.45, 7) is 0. The van der Waals surface area contributed by atoms with E-state index in [0.717, 1.165) is 6.20 Å². The summed E-state index contributed by atoms with van der Waals surface area (Å²) in [4.78, 5) is 13.9. The smallest absolute Gasteiger partial charge is 0.269 e.